The van der Waals surface area contributed by atoms with Crippen LogP contribution in [0, 0.1) is 0 Å². The Bertz CT molecular complexity index is 630. The van der Waals surface area contributed by atoms with Crippen LogP contribution in [0.1, 0.15) is 11.1 Å². The standard InChI is InChI=1S/C17H18ClNO2/c1-20-15-4-2-3-12(7-15)10-19-11-16-9-13-8-14(18)5-6-17(13)21-16/h2-8,16,19H,9-11H2,1H3. The van der Waals surface area contributed by atoms with E-state index < -0.39 is 0 Å². The Morgan fingerprint density at radius 3 is 3.05 bits per heavy atom. The second-order valence-corrected chi connectivity index (χ2v) is 5.61. The van der Waals surface area contributed by atoms with Crippen molar-refractivity contribution in [2.75, 3.05) is 13.7 Å². The van der Waals surface area contributed by atoms with E-state index in [1.165, 1.54) is 11.1 Å². The molecular weight excluding hydrogens is 286 g/mol. The van der Waals surface area contributed by atoms with Crippen LogP contribution in [0.4, 0.5) is 0 Å². The fourth-order valence-corrected chi connectivity index (χ4v) is 2.76. The van der Waals surface area contributed by atoms with Crippen molar-refractivity contribution in [3.05, 3.63) is 58.6 Å². The average Bonchev–Trinajstić information content (AvgIpc) is 2.89. The summed E-state index contributed by atoms with van der Waals surface area (Å²) < 4.78 is 11.1. The highest BCUT2D eigenvalue weighted by molar-refractivity contribution is 6.30. The van der Waals surface area contributed by atoms with Gasteiger partial charge in [0.1, 0.15) is 17.6 Å². The summed E-state index contributed by atoms with van der Waals surface area (Å²) in [6.45, 7) is 1.61. The van der Waals surface area contributed by atoms with Crippen LogP contribution in [-0.2, 0) is 13.0 Å². The molecule has 0 saturated heterocycles. The molecule has 110 valence electrons. The second-order valence-electron chi connectivity index (χ2n) is 5.18. The summed E-state index contributed by atoms with van der Waals surface area (Å²) in [5, 5.41) is 4.20. The van der Waals surface area contributed by atoms with Gasteiger partial charge in [0.25, 0.3) is 0 Å². The topological polar surface area (TPSA) is 30.5 Å². The van der Waals surface area contributed by atoms with Crippen molar-refractivity contribution >= 4 is 11.6 Å². The van der Waals surface area contributed by atoms with Gasteiger partial charge in [0.15, 0.2) is 0 Å². The van der Waals surface area contributed by atoms with Gasteiger partial charge < -0.3 is 14.8 Å². The van der Waals surface area contributed by atoms with Crippen LogP contribution in [0.2, 0.25) is 5.02 Å². The Labute approximate surface area is 129 Å². The minimum absolute atomic E-state index is 0.170. The predicted octanol–water partition coefficient (Wildman–Crippen LogP) is 3.44. The molecule has 3 rings (SSSR count). The van der Waals surface area contributed by atoms with Gasteiger partial charge in [-0.3, -0.25) is 0 Å². The normalized spacial score (nSPS) is 16.4. The van der Waals surface area contributed by atoms with Gasteiger partial charge in [0.2, 0.25) is 0 Å². The molecule has 2 aromatic rings. The smallest absolute Gasteiger partial charge is 0.123 e. The largest absolute Gasteiger partial charge is 0.497 e. The van der Waals surface area contributed by atoms with Crippen molar-refractivity contribution < 1.29 is 9.47 Å². The van der Waals surface area contributed by atoms with Crippen LogP contribution >= 0.6 is 11.6 Å². The van der Waals surface area contributed by atoms with Crippen LogP contribution in [0.15, 0.2) is 42.5 Å². The average molecular weight is 304 g/mol. The minimum atomic E-state index is 0.170. The third kappa shape index (κ3) is 3.49. The number of benzene rings is 2. The van der Waals surface area contributed by atoms with Gasteiger partial charge >= 0.3 is 0 Å². The molecular formula is C17H18ClNO2. The van der Waals surface area contributed by atoms with Crippen molar-refractivity contribution in [3.8, 4) is 11.5 Å². The summed E-state index contributed by atoms with van der Waals surface area (Å²) in [4.78, 5) is 0. The van der Waals surface area contributed by atoms with Crippen LogP contribution in [-0.4, -0.2) is 19.8 Å². The van der Waals surface area contributed by atoms with E-state index in [-0.39, 0.29) is 6.10 Å². The summed E-state index contributed by atoms with van der Waals surface area (Å²) in [5.41, 5.74) is 2.39. The highest BCUT2D eigenvalue weighted by Gasteiger charge is 2.22. The van der Waals surface area contributed by atoms with E-state index in [2.05, 4.69) is 11.4 Å². The van der Waals surface area contributed by atoms with E-state index in [4.69, 9.17) is 21.1 Å². The number of fused-ring (bicyclic) bond motifs is 1. The van der Waals surface area contributed by atoms with Crippen molar-refractivity contribution in [2.45, 2.75) is 19.1 Å². The van der Waals surface area contributed by atoms with Gasteiger partial charge in [0.05, 0.1) is 7.11 Å². The molecule has 0 amide bonds. The number of methoxy groups -OCH3 is 1. The summed E-state index contributed by atoms with van der Waals surface area (Å²) in [7, 11) is 1.68. The maximum absolute atomic E-state index is 6.00. The lowest BCUT2D eigenvalue weighted by molar-refractivity contribution is 0.227. The first-order valence-electron chi connectivity index (χ1n) is 7.03. The Hall–Kier alpha value is -1.71. The lowest BCUT2D eigenvalue weighted by atomic mass is 10.1. The van der Waals surface area contributed by atoms with Crippen LogP contribution in [0.3, 0.4) is 0 Å². The number of halogens is 1. The third-order valence-corrected chi connectivity index (χ3v) is 3.83. The van der Waals surface area contributed by atoms with E-state index in [0.717, 1.165) is 36.0 Å². The molecule has 1 unspecified atom stereocenters. The third-order valence-electron chi connectivity index (χ3n) is 3.60. The molecule has 21 heavy (non-hydrogen) atoms. The molecule has 1 aliphatic rings. The maximum Gasteiger partial charge on any atom is 0.123 e. The minimum Gasteiger partial charge on any atom is -0.497 e. The zero-order valence-electron chi connectivity index (χ0n) is 11.9. The Morgan fingerprint density at radius 1 is 1.29 bits per heavy atom. The van der Waals surface area contributed by atoms with Crippen molar-refractivity contribution in [1.29, 1.82) is 0 Å². The summed E-state index contributed by atoms with van der Waals surface area (Å²) >= 11 is 6.00. The Balaban J connectivity index is 1.51. The van der Waals surface area contributed by atoms with Crippen LogP contribution in [0.5, 0.6) is 11.5 Å². The van der Waals surface area contributed by atoms with Crippen LogP contribution in [0.25, 0.3) is 0 Å². The number of rotatable bonds is 5. The van der Waals surface area contributed by atoms with Crippen molar-refractivity contribution in [2.24, 2.45) is 0 Å². The molecule has 1 atom stereocenters. The van der Waals surface area contributed by atoms with Gasteiger partial charge in [-0.1, -0.05) is 23.7 Å². The molecule has 0 fully saturated rings. The first kappa shape index (κ1) is 14.2. The molecule has 4 heteroatoms. The molecule has 0 spiro atoms. The monoisotopic (exact) mass is 303 g/mol. The predicted molar refractivity (Wildman–Crippen MR) is 84.3 cm³/mol. The maximum atomic E-state index is 6.00. The lowest BCUT2D eigenvalue weighted by Gasteiger charge is -2.12. The van der Waals surface area contributed by atoms with Crippen molar-refractivity contribution in [3.63, 3.8) is 0 Å². The SMILES string of the molecule is COc1cccc(CNCC2Cc3cc(Cl)ccc3O2)c1. The molecule has 2 aromatic carbocycles. The zero-order chi connectivity index (χ0) is 14.7. The first-order valence-corrected chi connectivity index (χ1v) is 7.41. The fourth-order valence-electron chi connectivity index (χ4n) is 2.56. The number of hydrogen-bond donors (Lipinski definition) is 1. The molecule has 0 bridgehead atoms. The molecule has 1 N–H and O–H groups in total. The molecule has 0 aromatic heterocycles. The van der Waals surface area contributed by atoms with Gasteiger partial charge in [-0.15, -0.1) is 0 Å². The van der Waals surface area contributed by atoms with E-state index in [0.29, 0.717) is 0 Å². The summed E-state index contributed by atoms with van der Waals surface area (Å²) in [5.74, 6) is 1.83. The molecule has 1 heterocycles. The van der Waals surface area contributed by atoms with Gasteiger partial charge in [-0.05, 0) is 41.5 Å². The number of ether oxygens (including phenoxy) is 2. The van der Waals surface area contributed by atoms with E-state index >= 15 is 0 Å². The van der Waals surface area contributed by atoms with E-state index in [9.17, 15) is 0 Å². The molecule has 1 aliphatic heterocycles. The van der Waals surface area contributed by atoms with E-state index in [1.54, 1.807) is 7.11 Å². The van der Waals surface area contributed by atoms with Crippen LogP contribution < -0.4 is 14.8 Å². The Morgan fingerprint density at radius 2 is 2.19 bits per heavy atom. The fraction of sp³-hybridized carbons (Fsp3) is 0.294. The van der Waals surface area contributed by atoms with E-state index in [1.807, 2.05) is 36.4 Å². The highest BCUT2D eigenvalue weighted by atomic mass is 35.5. The molecule has 3 nitrogen and oxygen atoms in total. The van der Waals surface area contributed by atoms with Crippen molar-refractivity contribution in [1.82, 2.24) is 5.32 Å². The lowest BCUT2D eigenvalue weighted by Crippen LogP contribution is -2.29. The zero-order valence-corrected chi connectivity index (χ0v) is 12.7. The number of nitrogens with one attached hydrogen (secondary N) is 1. The molecule has 0 aliphatic carbocycles. The highest BCUT2D eigenvalue weighted by Crippen LogP contribution is 2.30. The molecule has 0 saturated carbocycles. The summed E-state index contributed by atoms with van der Waals surface area (Å²) in [6, 6.07) is 13.9. The first-order chi connectivity index (χ1) is 10.2. The number of hydrogen-bond acceptors (Lipinski definition) is 3. The second kappa shape index (κ2) is 6.37. The Kier molecular flexibility index (Phi) is 4.32. The van der Waals surface area contributed by atoms with Gasteiger partial charge in [0, 0.05) is 24.5 Å². The summed E-state index contributed by atoms with van der Waals surface area (Å²) in [6.07, 6.45) is 1.07. The van der Waals surface area contributed by atoms with Gasteiger partial charge in [-0.2, -0.15) is 0 Å². The van der Waals surface area contributed by atoms with Gasteiger partial charge in [-0.25, -0.2) is 0 Å². The quantitative estimate of drug-likeness (QED) is 0.918. The molecule has 0 radical (unpaired) electrons.